The molecule has 0 saturated heterocycles. The first-order chi connectivity index (χ1) is 0. The quantitative estimate of drug-likeness (QED) is 0.435. The molecule has 0 N–H and O–H groups in total. The van der Waals surface area contributed by atoms with Crippen molar-refractivity contribution in [3.05, 3.63) is 0 Å². The second-order valence-electron chi connectivity index (χ2n) is 0. The van der Waals surface area contributed by atoms with Crippen LogP contribution < -0.4 is 0 Å². The van der Waals surface area contributed by atoms with Gasteiger partial charge in [-0.05, 0) is 0 Å². The average molecular weight is 359 g/mol. The van der Waals surface area contributed by atoms with Crippen molar-refractivity contribution in [2.45, 2.75) is 0 Å². The van der Waals surface area contributed by atoms with Crippen molar-refractivity contribution in [2.75, 3.05) is 0 Å². The van der Waals surface area contributed by atoms with Crippen LogP contribution in [0.25, 0.3) is 0 Å². The summed E-state index contributed by atoms with van der Waals surface area (Å²) in [6.07, 6.45) is 0. The van der Waals surface area contributed by atoms with Crippen LogP contribution in [0.1, 0.15) is 0 Å². The van der Waals surface area contributed by atoms with Gasteiger partial charge in [-0.25, -0.2) is 0 Å². The molecule has 0 aliphatic heterocycles. The van der Waals surface area contributed by atoms with Crippen LogP contribution in [0.5, 0.6) is 0 Å². The molecule has 0 aliphatic carbocycles. The van der Waals surface area contributed by atoms with Crippen molar-refractivity contribution < 1.29 is 34.1 Å². The molecule has 0 fully saturated rings. The Bertz CT molecular complexity index is 8.00. The van der Waals surface area contributed by atoms with Crippen LogP contribution >= 0.6 is 0 Å². The average Bonchev–Trinajstić information content (AvgIpc) is 0. The predicted molar refractivity (Wildman–Crippen MR) is 18.5 cm³/mol. The van der Waals surface area contributed by atoms with Crippen molar-refractivity contribution in [1.82, 2.24) is 0 Å². The van der Waals surface area contributed by atoms with E-state index in [2.05, 4.69) is 0 Å². The first-order valence-electron chi connectivity index (χ1n) is 0. The normalized spacial score (nSPS) is 0. The maximum atomic E-state index is 0. The summed E-state index contributed by atoms with van der Waals surface area (Å²) in [7, 11) is 0. The monoisotopic (exact) mass is 359 g/mol. The molecule has 0 aromatic heterocycles. The zero-order valence-corrected chi connectivity index (χ0v) is 8.91. The summed E-state index contributed by atoms with van der Waals surface area (Å²) in [5.41, 5.74) is 0. The third kappa shape index (κ3) is 8.82. The number of hydrogen-bond donors (Lipinski definition) is 0. The van der Waals surface area contributed by atoms with Crippen molar-refractivity contribution in [3.63, 3.8) is 0 Å². The van der Waals surface area contributed by atoms with Crippen LogP contribution in [-0.4, -0.2) is 44.7 Å². The molecule has 0 aliphatic rings. The molecule has 4 heteroatoms. The van der Waals surface area contributed by atoms with Crippen LogP contribution in [0, 0.1) is 0 Å². The van der Waals surface area contributed by atoms with Gasteiger partial charge in [0, 0.05) is 34.1 Å². The molecule has 0 atom stereocenters. The van der Waals surface area contributed by atoms with E-state index < -0.39 is 0 Å². The van der Waals surface area contributed by atoms with E-state index in [0.29, 0.717) is 0 Å². The number of hydrogen-bond acceptors (Lipinski definition) is 0. The molecule has 0 aromatic rings. The molecule has 0 spiro atoms. The summed E-state index contributed by atoms with van der Waals surface area (Å²) in [6, 6.07) is 0. The van der Waals surface area contributed by atoms with Gasteiger partial charge < -0.3 is 0 Å². The Hall–Kier alpha value is 2.49. The summed E-state index contributed by atoms with van der Waals surface area (Å²) >= 11 is 0. The third-order valence-corrected chi connectivity index (χ3v) is 0. The topological polar surface area (TPSA) is 0 Å². The molecule has 4 heavy (non-hydrogen) atoms. The molecule has 0 aromatic carbocycles. The molecule has 31 valence electrons. The van der Waals surface area contributed by atoms with Gasteiger partial charge in [0.1, 0.15) is 0 Å². The second kappa shape index (κ2) is 17.8. The summed E-state index contributed by atoms with van der Waals surface area (Å²) < 4.78 is 0. The number of rotatable bonds is 0. The van der Waals surface area contributed by atoms with E-state index in [4.69, 9.17) is 0 Å². The van der Waals surface area contributed by atoms with Crippen molar-refractivity contribution in [1.29, 1.82) is 0 Å². The standard InChI is InChI=1S/Al.Cu.Fe.Pb.5H. The molecule has 3 radical (unpaired) electrons. The minimum absolute atomic E-state index is 0. The Morgan fingerprint density at radius 3 is 1.00 bits per heavy atom. The summed E-state index contributed by atoms with van der Waals surface area (Å²) in [5, 5.41) is 0. The van der Waals surface area contributed by atoms with Crippen LogP contribution in [0.15, 0.2) is 0 Å². The van der Waals surface area contributed by atoms with Crippen LogP contribution in [0.4, 0.5) is 0 Å². The zero-order chi connectivity index (χ0) is 0. The zero-order valence-electron chi connectivity index (χ0n) is 1.36. The predicted octanol–water partition coefficient (Wildman–Crippen LogP) is -2.11. The Balaban J connectivity index is 0. The van der Waals surface area contributed by atoms with Crippen LogP contribution in [0.3, 0.4) is 0 Å². The molecular weight excluding hydrogens is 354 g/mol. The van der Waals surface area contributed by atoms with Gasteiger partial charge in [0.25, 0.3) is 0 Å². The van der Waals surface area contributed by atoms with Gasteiger partial charge in [-0.15, -0.1) is 0 Å². The minimum atomic E-state index is 0. The molecular formula is H5AlCuFePb. The van der Waals surface area contributed by atoms with Crippen LogP contribution in [-0.2, 0) is 34.1 Å². The van der Waals surface area contributed by atoms with Gasteiger partial charge in [-0.3, -0.25) is 0 Å². The van der Waals surface area contributed by atoms with Gasteiger partial charge in [0.2, 0.25) is 0 Å². The Morgan fingerprint density at radius 2 is 1.00 bits per heavy atom. The molecule has 0 rings (SSSR count). The second-order valence-corrected chi connectivity index (χ2v) is 0. The van der Waals surface area contributed by atoms with Gasteiger partial charge in [0.15, 0.2) is 17.4 Å². The molecule has 0 heterocycles. The van der Waals surface area contributed by atoms with E-state index in [1.807, 2.05) is 0 Å². The van der Waals surface area contributed by atoms with E-state index in [1.165, 1.54) is 0 Å². The van der Waals surface area contributed by atoms with Crippen molar-refractivity contribution in [2.24, 2.45) is 0 Å². The van der Waals surface area contributed by atoms with E-state index >= 15 is 0 Å². The van der Waals surface area contributed by atoms with Gasteiger partial charge in [-0.1, -0.05) is 0 Å². The fraction of sp³-hybridized carbons (Fsp3) is 0. The maximum absolute atomic E-state index is 0. The van der Waals surface area contributed by atoms with Crippen molar-refractivity contribution >= 4 is 44.7 Å². The van der Waals surface area contributed by atoms with E-state index in [-0.39, 0.29) is 78.8 Å². The molecule has 0 amide bonds. The Labute approximate surface area is 77.7 Å². The SMILES string of the molecule is [AlH3].[Cu].[Fe].[PbH2]. The first-order valence-corrected chi connectivity index (χ1v) is 0. The summed E-state index contributed by atoms with van der Waals surface area (Å²) in [6.45, 7) is 0. The van der Waals surface area contributed by atoms with Gasteiger partial charge in [0.05, 0.1) is 0 Å². The Morgan fingerprint density at radius 1 is 1.00 bits per heavy atom. The molecule has 0 bridgehead atoms. The van der Waals surface area contributed by atoms with Gasteiger partial charge in [-0.2, -0.15) is 0 Å². The van der Waals surface area contributed by atoms with Crippen LogP contribution in [0.2, 0.25) is 0 Å². The Kier molecular flexibility index (Phi) is 141. The van der Waals surface area contributed by atoms with Crippen molar-refractivity contribution in [3.8, 4) is 0 Å². The molecule has 0 unspecified atom stereocenters. The molecule has 0 saturated carbocycles. The molecule has 0 nitrogen and oxygen atoms in total. The van der Waals surface area contributed by atoms with Gasteiger partial charge >= 0.3 is 27.3 Å². The van der Waals surface area contributed by atoms with E-state index in [9.17, 15) is 0 Å². The van der Waals surface area contributed by atoms with E-state index in [0.717, 1.165) is 0 Å². The fourth-order valence-electron chi connectivity index (χ4n) is 0. The summed E-state index contributed by atoms with van der Waals surface area (Å²) in [5.74, 6) is 0. The third-order valence-electron chi connectivity index (χ3n) is 0. The summed E-state index contributed by atoms with van der Waals surface area (Å²) in [4.78, 5) is 0. The first kappa shape index (κ1) is 31.5. The van der Waals surface area contributed by atoms with E-state index in [1.54, 1.807) is 0 Å². The fourth-order valence-corrected chi connectivity index (χ4v) is 0.